The summed E-state index contributed by atoms with van der Waals surface area (Å²) in [5, 5.41) is 8.99. The monoisotopic (exact) mass is 246 g/mol. The van der Waals surface area contributed by atoms with Gasteiger partial charge in [-0.3, -0.25) is 0 Å². The summed E-state index contributed by atoms with van der Waals surface area (Å²) >= 11 is 0. The number of hydrogen-bond donors (Lipinski definition) is 1. The van der Waals surface area contributed by atoms with E-state index >= 15 is 0 Å². The van der Waals surface area contributed by atoms with Crippen LogP contribution in [0.5, 0.6) is 0 Å². The molecule has 1 N–H and O–H groups in total. The van der Waals surface area contributed by atoms with Crippen LogP contribution in [0, 0.1) is 0 Å². The molecule has 0 aliphatic rings. The molecule has 16 heavy (non-hydrogen) atoms. The normalized spacial score (nSPS) is 13.1. The number of likely N-dealkylation sites (N-methyl/N-ethyl adjacent to an activating group) is 1. The SMILES string of the molecule is CC[Si](CC)(CC)CCC[N+](C)(C)CCO. The largest absolute Gasteiger partial charge is 0.391 e. The number of rotatable bonds is 9. The summed E-state index contributed by atoms with van der Waals surface area (Å²) in [4.78, 5) is 0. The lowest BCUT2D eigenvalue weighted by Gasteiger charge is -2.32. The fourth-order valence-electron chi connectivity index (χ4n) is 2.54. The fraction of sp³-hybridized carbons (Fsp3) is 1.00. The first-order valence-corrected chi connectivity index (χ1v) is 9.71. The van der Waals surface area contributed by atoms with E-state index in [4.69, 9.17) is 5.11 Å². The average Bonchev–Trinajstić information content (AvgIpc) is 2.25. The van der Waals surface area contributed by atoms with E-state index in [0.717, 1.165) is 11.0 Å². The first-order chi connectivity index (χ1) is 7.45. The van der Waals surface area contributed by atoms with Crippen LogP contribution in [-0.2, 0) is 0 Å². The van der Waals surface area contributed by atoms with Crippen LogP contribution >= 0.6 is 0 Å². The second-order valence-electron chi connectivity index (χ2n) is 5.77. The van der Waals surface area contributed by atoms with Gasteiger partial charge in [-0.1, -0.05) is 44.9 Å². The number of hydrogen-bond acceptors (Lipinski definition) is 1. The van der Waals surface area contributed by atoms with Crippen LogP contribution in [0.3, 0.4) is 0 Å². The maximum absolute atomic E-state index is 8.99. The van der Waals surface area contributed by atoms with Gasteiger partial charge in [-0.15, -0.1) is 0 Å². The zero-order valence-corrected chi connectivity index (χ0v) is 13.1. The molecule has 0 atom stereocenters. The van der Waals surface area contributed by atoms with Gasteiger partial charge in [0, 0.05) is 0 Å². The molecule has 0 aromatic heterocycles. The highest BCUT2D eigenvalue weighted by Crippen LogP contribution is 2.26. The summed E-state index contributed by atoms with van der Waals surface area (Å²) in [7, 11) is 3.54. The van der Waals surface area contributed by atoms with E-state index in [-0.39, 0.29) is 0 Å². The standard InChI is InChI=1S/C13H32NOSi/c1-6-16(7-2,8-3)13-9-10-14(4,5)11-12-15/h15H,6-13H2,1-5H3/q+1. The molecule has 0 spiro atoms. The molecule has 0 fully saturated rings. The van der Waals surface area contributed by atoms with Gasteiger partial charge in [0.15, 0.2) is 0 Å². The maximum atomic E-state index is 8.99. The van der Waals surface area contributed by atoms with Crippen LogP contribution in [-0.4, -0.2) is 51.5 Å². The molecule has 0 aliphatic heterocycles. The van der Waals surface area contributed by atoms with Crippen molar-refractivity contribution in [2.75, 3.05) is 33.8 Å². The Kier molecular flexibility index (Phi) is 7.52. The Labute approximate surface area is 103 Å². The lowest BCUT2D eigenvalue weighted by Crippen LogP contribution is -2.43. The zero-order chi connectivity index (χ0) is 12.7. The summed E-state index contributed by atoms with van der Waals surface area (Å²) in [6.45, 7) is 9.56. The van der Waals surface area contributed by atoms with Crippen LogP contribution in [0.4, 0.5) is 0 Å². The van der Waals surface area contributed by atoms with Gasteiger partial charge >= 0.3 is 0 Å². The minimum atomic E-state index is -0.913. The van der Waals surface area contributed by atoms with Gasteiger partial charge in [-0.05, 0) is 6.42 Å². The average molecular weight is 246 g/mol. The van der Waals surface area contributed by atoms with E-state index in [1.807, 2.05) is 0 Å². The number of quaternary nitrogens is 1. The minimum absolute atomic E-state index is 0.310. The summed E-state index contributed by atoms with van der Waals surface area (Å²) < 4.78 is 0.970. The quantitative estimate of drug-likeness (QED) is 0.490. The van der Waals surface area contributed by atoms with Crippen LogP contribution < -0.4 is 0 Å². The minimum Gasteiger partial charge on any atom is -0.391 e. The molecule has 98 valence electrons. The lowest BCUT2D eigenvalue weighted by molar-refractivity contribution is -0.890. The first-order valence-electron chi connectivity index (χ1n) is 6.88. The summed E-state index contributed by atoms with van der Waals surface area (Å²) in [6, 6.07) is 5.79. The predicted molar refractivity (Wildman–Crippen MR) is 75.5 cm³/mol. The van der Waals surface area contributed by atoms with Crippen LogP contribution in [0.1, 0.15) is 27.2 Å². The molecule has 2 nitrogen and oxygen atoms in total. The van der Waals surface area contributed by atoms with Crippen LogP contribution in [0.2, 0.25) is 24.2 Å². The maximum Gasteiger partial charge on any atom is 0.102 e. The van der Waals surface area contributed by atoms with Gasteiger partial charge in [0.05, 0.1) is 35.3 Å². The van der Waals surface area contributed by atoms with E-state index in [1.54, 1.807) is 0 Å². The summed E-state index contributed by atoms with van der Waals surface area (Å²) in [6.07, 6.45) is 1.34. The highest BCUT2D eigenvalue weighted by Gasteiger charge is 2.27. The molecule has 0 aromatic rings. The Balaban J connectivity index is 4.04. The molecule has 0 aromatic carbocycles. The fourth-order valence-corrected chi connectivity index (χ4v) is 6.01. The molecular weight excluding hydrogens is 214 g/mol. The smallest absolute Gasteiger partial charge is 0.102 e. The van der Waals surface area contributed by atoms with Gasteiger partial charge in [0.25, 0.3) is 0 Å². The van der Waals surface area contributed by atoms with Crippen LogP contribution in [0.15, 0.2) is 0 Å². The molecule has 0 saturated carbocycles. The third-order valence-electron chi connectivity index (χ3n) is 4.43. The molecule has 0 rings (SSSR count). The van der Waals surface area contributed by atoms with Crippen molar-refractivity contribution in [3.8, 4) is 0 Å². The molecule has 0 aliphatic carbocycles. The number of nitrogens with zero attached hydrogens (tertiary/aromatic N) is 1. The first kappa shape index (κ1) is 16.1. The van der Waals surface area contributed by atoms with Gasteiger partial charge < -0.3 is 9.59 Å². The van der Waals surface area contributed by atoms with E-state index in [2.05, 4.69) is 34.9 Å². The highest BCUT2D eigenvalue weighted by molar-refractivity contribution is 6.79. The van der Waals surface area contributed by atoms with E-state index in [1.165, 1.54) is 37.1 Å². The number of aliphatic hydroxyl groups is 1. The van der Waals surface area contributed by atoms with Crippen molar-refractivity contribution in [1.29, 1.82) is 0 Å². The van der Waals surface area contributed by atoms with E-state index < -0.39 is 8.07 Å². The molecule has 0 heterocycles. The van der Waals surface area contributed by atoms with Crippen LogP contribution in [0.25, 0.3) is 0 Å². The highest BCUT2D eigenvalue weighted by atomic mass is 28.3. The topological polar surface area (TPSA) is 20.2 Å². The molecule has 0 amide bonds. The van der Waals surface area contributed by atoms with E-state index in [9.17, 15) is 0 Å². The summed E-state index contributed by atoms with van der Waals surface area (Å²) in [5.41, 5.74) is 0. The van der Waals surface area contributed by atoms with Gasteiger partial charge in [-0.2, -0.15) is 0 Å². The second-order valence-corrected chi connectivity index (χ2v) is 11.4. The molecular formula is C13H32NOSi+. The van der Waals surface area contributed by atoms with E-state index in [0.29, 0.717) is 6.61 Å². The van der Waals surface area contributed by atoms with Crippen molar-refractivity contribution in [3.05, 3.63) is 0 Å². The molecule has 3 heteroatoms. The zero-order valence-electron chi connectivity index (χ0n) is 12.1. The van der Waals surface area contributed by atoms with Crippen molar-refractivity contribution < 1.29 is 9.59 Å². The van der Waals surface area contributed by atoms with Gasteiger partial charge in [0.1, 0.15) is 6.54 Å². The van der Waals surface area contributed by atoms with Crippen molar-refractivity contribution in [3.63, 3.8) is 0 Å². The summed E-state index contributed by atoms with van der Waals surface area (Å²) in [5.74, 6) is 0. The Morgan fingerprint density at radius 2 is 1.44 bits per heavy atom. The van der Waals surface area contributed by atoms with Crippen molar-refractivity contribution in [2.24, 2.45) is 0 Å². The Morgan fingerprint density at radius 1 is 0.938 bits per heavy atom. The predicted octanol–water partition coefficient (Wildman–Crippen LogP) is 2.95. The molecule has 0 unspecified atom stereocenters. The Morgan fingerprint density at radius 3 is 1.81 bits per heavy atom. The third-order valence-corrected chi connectivity index (χ3v) is 10.3. The molecule has 0 bridgehead atoms. The van der Waals surface area contributed by atoms with Gasteiger partial charge in [-0.25, -0.2) is 0 Å². The molecule has 0 radical (unpaired) electrons. The lowest BCUT2D eigenvalue weighted by atomic mass is 10.4. The number of aliphatic hydroxyl groups excluding tert-OH is 1. The Hall–Kier alpha value is 0.137. The third kappa shape index (κ3) is 5.46. The van der Waals surface area contributed by atoms with Gasteiger partial charge in [0.2, 0.25) is 0 Å². The van der Waals surface area contributed by atoms with Crippen molar-refractivity contribution in [2.45, 2.75) is 51.4 Å². The van der Waals surface area contributed by atoms with Crippen molar-refractivity contribution in [1.82, 2.24) is 0 Å². The second kappa shape index (κ2) is 7.46. The Bertz CT molecular complexity index is 171. The molecule has 0 saturated heterocycles. The van der Waals surface area contributed by atoms with Crippen molar-refractivity contribution >= 4 is 8.07 Å².